The first-order valence-electron chi connectivity index (χ1n) is 12.1. The molecule has 7 heteroatoms. The molecule has 0 N–H and O–H groups in total. The maximum absolute atomic E-state index is 12.4. The molecular weight excluding hydrogens is 450 g/mol. The summed E-state index contributed by atoms with van der Waals surface area (Å²) >= 11 is 6.54. The predicted octanol–water partition coefficient (Wildman–Crippen LogP) is 7.10. The minimum Gasteiger partial charge on any atom is -0.444 e. The number of aromatic nitrogens is 2. The molecule has 2 aromatic heterocycles. The van der Waals surface area contributed by atoms with Crippen LogP contribution < -0.4 is 0 Å². The zero-order chi connectivity index (χ0) is 24.1. The molecule has 0 unspecified atom stereocenters. The monoisotopic (exact) mass is 481 g/mol. The fraction of sp³-hybridized carbons (Fsp3) is 0.519. The number of amides is 1. The SMILES string of the molecule is C=Cc1cncc(Cl)c1-c1noc(C2CC2)c1C=C1CC2(CCN(C(=O)OC(C)(C)C)CC2)C1. The number of likely N-dealkylation sites (tertiary alicyclic amines) is 1. The molecule has 2 aliphatic carbocycles. The van der Waals surface area contributed by atoms with E-state index in [9.17, 15) is 4.79 Å². The van der Waals surface area contributed by atoms with E-state index in [0.29, 0.717) is 10.9 Å². The van der Waals surface area contributed by atoms with Gasteiger partial charge in [0.1, 0.15) is 17.1 Å². The molecule has 0 bridgehead atoms. The Labute approximate surface area is 206 Å². The zero-order valence-electron chi connectivity index (χ0n) is 20.2. The van der Waals surface area contributed by atoms with Crippen LogP contribution in [0.2, 0.25) is 5.02 Å². The Bertz CT molecular complexity index is 1140. The number of pyridine rings is 1. The Balaban J connectivity index is 1.34. The van der Waals surface area contributed by atoms with Crippen LogP contribution in [-0.2, 0) is 4.74 Å². The van der Waals surface area contributed by atoms with Gasteiger partial charge in [-0.3, -0.25) is 4.98 Å². The molecule has 3 fully saturated rings. The second-order valence-corrected chi connectivity index (χ2v) is 11.4. The number of piperidine rings is 1. The van der Waals surface area contributed by atoms with Gasteiger partial charge in [-0.15, -0.1) is 0 Å². The van der Waals surface area contributed by atoms with Crippen molar-refractivity contribution in [1.29, 1.82) is 0 Å². The molecule has 0 radical (unpaired) electrons. The Hall–Kier alpha value is -2.60. The summed E-state index contributed by atoms with van der Waals surface area (Å²) in [7, 11) is 0. The Morgan fingerprint density at radius 3 is 2.59 bits per heavy atom. The van der Waals surface area contributed by atoms with E-state index in [2.05, 4.69) is 22.8 Å². The first-order valence-corrected chi connectivity index (χ1v) is 12.5. The Morgan fingerprint density at radius 1 is 1.26 bits per heavy atom. The number of allylic oxidation sites excluding steroid dienone is 1. The van der Waals surface area contributed by atoms with Gasteiger partial charge in [-0.2, -0.15) is 0 Å². The molecule has 5 rings (SSSR count). The van der Waals surface area contributed by atoms with Gasteiger partial charge in [-0.05, 0) is 70.8 Å². The molecule has 0 aromatic carbocycles. The van der Waals surface area contributed by atoms with Crippen LogP contribution in [0.5, 0.6) is 0 Å². The molecule has 3 heterocycles. The molecule has 1 spiro atoms. The van der Waals surface area contributed by atoms with E-state index in [1.807, 2.05) is 25.7 Å². The van der Waals surface area contributed by atoms with Gasteiger partial charge in [0, 0.05) is 48.1 Å². The smallest absolute Gasteiger partial charge is 0.410 e. The largest absolute Gasteiger partial charge is 0.444 e. The Morgan fingerprint density at radius 2 is 1.97 bits per heavy atom. The van der Waals surface area contributed by atoms with Crippen LogP contribution in [0.1, 0.15) is 82.1 Å². The third-order valence-electron chi connectivity index (χ3n) is 7.12. The van der Waals surface area contributed by atoms with Gasteiger partial charge in [0.05, 0.1) is 5.02 Å². The van der Waals surface area contributed by atoms with Gasteiger partial charge >= 0.3 is 6.09 Å². The van der Waals surface area contributed by atoms with Crippen LogP contribution in [0.4, 0.5) is 4.79 Å². The van der Waals surface area contributed by atoms with Crippen LogP contribution in [-0.4, -0.2) is 39.8 Å². The molecule has 180 valence electrons. The standard InChI is InChI=1S/C27H32ClN3O3/c1-5-18-15-29-16-21(28)22(18)23-20(24(34-30-23)19-6-7-19)12-17-13-27(14-17)8-10-31(11-9-27)25(32)33-26(2,3)4/h5,12,15-16,19H,1,6-11,13-14H2,2-4H3. The minimum absolute atomic E-state index is 0.201. The molecule has 1 amide bonds. The van der Waals surface area contributed by atoms with Gasteiger partial charge < -0.3 is 14.2 Å². The van der Waals surface area contributed by atoms with E-state index in [-0.39, 0.29) is 11.5 Å². The summed E-state index contributed by atoms with van der Waals surface area (Å²) in [6.07, 6.45) is 13.6. The maximum atomic E-state index is 12.4. The fourth-order valence-corrected chi connectivity index (χ4v) is 5.44. The van der Waals surface area contributed by atoms with E-state index in [1.54, 1.807) is 18.5 Å². The topological polar surface area (TPSA) is 68.5 Å². The van der Waals surface area contributed by atoms with Crippen molar-refractivity contribution in [3.8, 4) is 11.3 Å². The molecule has 34 heavy (non-hydrogen) atoms. The first kappa shape index (κ1) is 23.2. The van der Waals surface area contributed by atoms with E-state index >= 15 is 0 Å². The number of rotatable bonds is 4. The van der Waals surface area contributed by atoms with Crippen molar-refractivity contribution in [1.82, 2.24) is 15.0 Å². The summed E-state index contributed by atoms with van der Waals surface area (Å²) < 4.78 is 11.4. The average molecular weight is 482 g/mol. The van der Waals surface area contributed by atoms with Crippen LogP contribution in [0.25, 0.3) is 23.4 Å². The highest BCUT2D eigenvalue weighted by Crippen LogP contribution is 2.54. The number of halogens is 1. The lowest BCUT2D eigenvalue weighted by Gasteiger charge is -2.49. The maximum Gasteiger partial charge on any atom is 0.410 e. The number of ether oxygens (including phenoxy) is 1. The highest BCUT2D eigenvalue weighted by Gasteiger charge is 2.44. The van der Waals surface area contributed by atoms with Crippen molar-refractivity contribution in [2.45, 2.75) is 70.8 Å². The second kappa shape index (κ2) is 8.56. The molecule has 3 aliphatic rings. The summed E-state index contributed by atoms with van der Waals surface area (Å²) in [6.45, 7) is 11.1. The van der Waals surface area contributed by atoms with E-state index < -0.39 is 5.60 Å². The third kappa shape index (κ3) is 4.52. The van der Waals surface area contributed by atoms with Crippen molar-refractivity contribution >= 4 is 29.8 Å². The third-order valence-corrected chi connectivity index (χ3v) is 7.40. The molecule has 1 saturated heterocycles. The van der Waals surface area contributed by atoms with Crippen molar-refractivity contribution in [2.75, 3.05) is 13.1 Å². The summed E-state index contributed by atoms with van der Waals surface area (Å²) in [6, 6.07) is 0. The average Bonchev–Trinajstić information content (AvgIpc) is 3.52. The first-order chi connectivity index (χ1) is 16.2. The van der Waals surface area contributed by atoms with Crippen LogP contribution >= 0.6 is 11.6 Å². The summed E-state index contributed by atoms with van der Waals surface area (Å²) in [4.78, 5) is 18.5. The molecular formula is C27H32ClN3O3. The predicted molar refractivity (Wildman–Crippen MR) is 133 cm³/mol. The summed E-state index contributed by atoms with van der Waals surface area (Å²) in [5.41, 5.74) is 4.73. The van der Waals surface area contributed by atoms with Crippen LogP contribution in [0.3, 0.4) is 0 Å². The van der Waals surface area contributed by atoms with E-state index in [1.165, 1.54) is 5.57 Å². The van der Waals surface area contributed by atoms with Crippen molar-refractivity contribution in [3.63, 3.8) is 0 Å². The number of hydrogen-bond acceptors (Lipinski definition) is 5. The quantitative estimate of drug-likeness (QED) is 0.465. The van der Waals surface area contributed by atoms with Crippen LogP contribution in [0, 0.1) is 5.41 Å². The van der Waals surface area contributed by atoms with Crippen molar-refractivity contribution in [3.05, 3.63) is 46.5 Å². The lowest BCUT2D eigenvalue weighted by Crippen LogP contribution is -2.47. The second-order valence-electron chi connectivity index (χ2n) is 11.0. The summed E-state index contributed by atoms with van der Waals surface area (Å²) in [5, 5.41) is 5.00. The zero-order valence-corrected chi connectivity index (χ0v) is 21.0. The summed E-state index contributed by atoms with van der Waals surface area (Å²) in [5.74, 6) is 1.40. The molecule has 1 aliphatic heterocycles. The normalized spacial score (nSPS) is 19.6. The number of nitrogens with zero attached hydrogens (tertiary/aromatic N) is 3. The van der Waals surface area contributed by atoms with Crippen LogP contribution in [0.15, 0.2) is 29.1 Å². The molecule has 2 saturated carbocycles. The molecule has 0 atom stereocenters. The van der Waals surface area contributed by atoms with Gasteiger partial charge in [-0.25, -0.2) is 4.79 Å². The van der Waals surface area contributed by atoms with E-state index in [4.69, 9.17) is 20.9 Å². The van der Waals surface area contributed by atoms with Gasteiger partial charge in [0.2, 0.25) is 0 Å². The van der Waals surface area contributed by atoms with Gasteiger partial charge in [0.15, 0.2) is 0 Å². The highest BCUT2D eigenvalue weighted by atomic mass is 35.5. The molecule has 2 aromatic rings. The van der Waals surface area contributed by atoms with Gasteiger partial charge in [-0.1, -0.05) is 35.0 Å². The van der Waals surface area contributed by atoms with Crippen molar-refractivity contribution in [2.24, 2.45) is 5.41 Å². The number of hydrogen-bond donors (Lipinski definition) is 0. The van der Waals surface area contributed by atoms with Crippen molar-refractivity contribution < 1.29 is 14.1 Å². The highest BCUT2D eigenvalue weighted by molar-refractivity contribution is 6.33. The van der Waals surface area contributed by atoms with Gasteiger partial charge in [0.25, 0.3) is 0 Å². The lowest BCUT2D eigenvalue weighted by atomic mass is 9.60. The lowest BCUT2D eigenvalue weighted by molar-refractivity contribution is 0.00448. The van der Waals surface area contributed by atoms with E-state index in [0.717, 1.165) is 79.8 Å². The minimum atomic E-state index is -0.461. The Kier molecular flexibility index (Phi) is 5.83. The number of carbonyl (C=O) groups excluding carboxylic acids is 1. The fourth-order valence-electron chi connectivity index (χ4n) is 5.19. The number of carbonyl (C=O) groups is 1. The molecule has 6 nitrogen and oxygen atoms in total.